The van der Waals surface area contributed by atoms with Crippen LogP contribution in [0.1, 0.15) is 31.2 Å². The molecule has 0 saturated heterocycles. The lowest BCUT2D eigenvalue weighted by atomic mass is 10.1. The SMILES string of the molecule is OCCCCCCNc1ccc(Br)c(C(F)(F)F)c1. The van der Waals surface area contributed by atoms with Crippen molar-refractivity contribution in [2.24, 2.45) is 0 Å². The predicted molar refractivity (Wildman–Crippen MR) is 73.2 cm³/mol. The number of aliphatic hydroxyl groups is 1. The van der Waals surface area contributed by atoms with Crippen molar-refractivity contribution < 1.29 is 18.3 Å². The van der Waals surface area contributed by atoms with Crippen molar-refractivity contribution >= 4 is 21.6 Å². The number of nitrogens with one attached hydrogen (secondary N) is 1. The Morgan fingerprint density at radius 2 is 1.79 bits per heavy atom. The number of aliphatic hydroxyl groups excluding tert-OH is 1. The molecule has 0 unspecified atom stereocenters. The molecule has 1 aromatic carbocycles. The highest BCUT2D eigenvalue weighted by atomic mass is 79.9. The number of alkyl halides is 3. The summed E-state index contributed by atoms with van der Waals surface area (Å²) in [6.45, 7) is 0.819. The standard InChI is InChI=1S/C13H17BrF3NO/c14-12-6-5-10(9-11(12)13(15,16)17)18-7-3-1-2-4-8-19/h5-6,9,18-19H,1-4,7-8H2. The number of rotatable bonds is 7. The van der Waals surface area contributed by atoms with Crippen LogP contribution in [0.2, 0.25) is 0 Å². The largest absolute Gasteiger partial charge is 0.417 e. The Hall–Kier alpha value is -0.750. The molecular formula is C13H17BrF3NO. The molecule has 0 atom stereocenters. The van der Waals surface area contributed by atoms with Crippen molar-refractivity contribution in [2.75, 3.05) is 18.5 Å². The van der Waals surface area contributed by atoms with Crippen molar-refractivity contribution in [1.29, 1.82) is 0 Å². The second-order valence-corrected chi connectivity index (χ2v) is 5.11. The van der Waals surface area contributed by atoms with E-state index in [1.807, 2.05) is 0 Å². The van der Waals surface area contributed by atoms with E-state index in [2.05, 4.69) is 21.2 Å². The molecule has 1 rings (SSSR count). The third-order valence-corrected chi connectivity index (χ3v) is 3.38. The van der Waals surface area contributed by atoms with Gasteiger partial charge in [0.1, 0.15) is 0 Å². The molecule has 0 radical (unpaired) electrons. The highest BCUT2D eigenvalue weighted by molar-refractivity contribution is 9.10. The maximum Gasteiger partial charge on any atom is 0.417 e. The van der Waals surface area contributed by atoms with Gasteiger partial charge in [0.05, 0.1) is 5.56 Å². The first-order valence-electron chi connectivity index (χ1n) is 6.16. The van der Waals surface area contributed by atoms with Crippen molar-refractivity contribution in [2.45, 2.75) is 31.9 Å². The van der Waals surface area contributed by atoms with Gasteiger partial charge in [0.15, 0.2) is 0 Å². The van der Waals surface area contributed by atoms with Gasteiger partial charge in [-0.05, 0) is 31.0 Å². The van der Waals surface area contributed by atoms with Crippen LogP contribution in [0.5, 0.6) is 0 Å². The summed E-state index contributed by atoms with van der Waals surface area (Å²) in [7, 11) is 0. The molecule has 2 N–H and O–H groups in total. The lowest BCUT2D eigenvalue weighted by molar-refractivity contribution is -0.138. The van der Waals surface area contributed by atoms with Crippen LogP contribution in [-0.4, -0.2) is 18.3 Å². The molecule has 0 aromatic heterocycles. The van der Waals surface area contributed by atoms with Crippen molar-refractivity contribution in [1.82, 2.24) is 0 Å². The van der Waals surface area contributed by atoms with Crippen LogP contribution in [0.15, 0.2) is 22.7 Å². The molecule has 0 heterocycles. The molecule has 0 bridgehead atoms. The molecule has 0 saturated carbocycles. The van der Waals surface area contributed by atoms with E-state index in [1.165, 1.54) is 6.07 Å². The Bertz CT molecular complexity index is 396. The van der Waals surface area contributed by atoms with Gasteiger partial charge in [0, 0.05) is 23.3 Å². The molecule has 6 heteroatoms. The fraction of sp³-hybridized carbons (Fsp3) is 0.538. The van der Waals surface area contributed by atoms with Crippen LogP contribution in [0.3, 0.4) is 0 Å². The Labute approximate surface area is 119 Å². The molecule has 0 aliphatic carbocycles. The molecule has 108 valence electrons. The second-order valence-electron chi connectivity index (χ2n) is 4.26. The van der Waals surface area contributed by atoms with Crippen LogP contribution in [0, 0.1) is 0 Å². The van der Waals surface area contributed by atoms with Gasteiger partial charge in [0.25, 0.3) is 0 Å². The summed E-state index contributed by atoms with van der Waals surface area (Å²) in [5, 5.41) is 11.6. The van der Waals surface area contributed by atoms with Crippen LogP contribution >= 0.6 is 15.9 Å². The topological polar surface area (TPSA) is 32.3 Å². The average molecular weight is 340 g/mol. The van der Waals surface area contributed by atoms with E-state index in [1.54, 1.807) is 6.07 Å². The van der Waals surface area contributed by atoms with E-state index in [9.17, 15) is 13.2 Å². The summed E-state index contributed by atoms with van der Waals surface area (Å²) >= 11 is 2.91. The highest BCUT2D eigenvalue weighted by Crippen LogP contribution is 2.36. The monoisotopic (exact) mass is 339 g/mol. The number of anilines is 1. The van der Waals surface area contributed by atoms with E-state index in [0.29, 0.717) is 12.2 Å². The van der Waals surface area contributed by atoms with E-state index >= 15 is 0 Å². The van der Waals surface area contributed by atoms with Crippen molar-refractivity contribution in [3.05, 3.63) is 28.2 Å². The molecule has 2 nitrogen and oxygen atoms in total. The molecule has 1 aromatic rings. The molecule has 0 fully saturated rings. The third-order valence-electron chi connectivity index (χ3n) is 2.69. The summed E-state index contributed by atoms with van der Waals surface area (Å²) in [5.74, 6) is 0. The zero-order valence-corrected chi connectivity index (χ0v) is 12.0. The molecule has 19 heavy (non-hydrogen) atoms. The quantitative estimate of drug-likeness (QED) is 0.720. The van der Waals surface area contributed by atoms with E-state index in [4.69, 9.17) is 5.11 Å². The van der Waals surface area contributed by atoms with Crippen LogP contribution in [0.25, 0.3) is 0 Å². The minimum atomic E-state index is -4.35. The Balaban J connectivity index is 2.47. The fourth-order valence-corrected chi connectivity index (χ4v) is 2.15. The summed E-state index contributed by atoms with van der Waals surface area (Å²) in [6, 6.07) is 4.13. The zero-order valence-electron chi connectivity index (χ0n) is 10.4. The minimum absolute atomic E-state index is 0.0495. The summed E-state index contributed by atoms with van der Waals surface area (Å²) < 4.78 is 38.1. The number of benzene rings is 1. The molecule has 0 aliphatic heterocycles. The van der Waals surface area contributed by atoms with E-state index in [-0.39, 0.29) is 11.1 Å². The Morgan fingerprint density at radius 3 is 2.42 bits per heavy atom. The lowest BCUT2D eigenvalue weighted by Gasteiger charge is -2.12. The second kappa shape index (κ2) is 7.75. The first-order chi connectivity index (χ1) is 8.95. The predicted octanol–water partition coefficient (Wildman–Crippen LogP) is 4.43. The van der Waals surface area contributed by atoms with Gasteiger partial charge in [-0.15, -0.1) is 0 Å². The third kappa shape index (κ3) is 5.82. The van der Waals surface area contributed by atoms with Crippen LogP contribution < -0.4 is 5.32 Å². The maximum absolute atomic E-state index is 12.7. The maximum atomic E-state index is 12.7. The molecule has 0 amide bonds. The highest BCUT2D eigenvalue weighted by Gasteiger charge is 2.33. The van der Waals surface area contributed by atoms with Crippen LogP contribution in [0.4, 0.5) is 18.9 Å². The number of halogens is 4. The van der Waals surface area contributed by atoms with Gasteiger partial charge in [0.2, 0.25) is 0 Å². The fourth-order valence-electron chi connectivity index (χ4n) is 1.68. The molecule has 0 spiro atoms. The zero-order chi connectivity index (χ0) is 14.3. The minimum Gasteiger partial charge on any atom is -0.396 e. The lowest BCUT2D eigenvalue weighted by Crippen LogP contribution is -2.08. The number of unbranched alkanes of at least 4 members (excludes halogenated alkanes) is 3. The van der Waals surface area contributed by atoms with Crippen molar-refractivity contribution in [3.8, 4) is 0 Å². The average Bonchev–Trinajstić information content (AvgIpc) is 2.34. The van der Waals surface area contributed by atoms with Gasteiger partial charge >= 0.3 is 6.18 Å². The first-order valence-corrected chi connectivity index (χ1v) is 6.96. The summed E-state index contributed by atoms with van der Waals surface area (Å²) in [4.78, 5) is 0. The van der Waals surface area contributed by atoms with E-state index in [0.717, 1.165) is 31.7 Å². The van der Waals surface area contributed by atoms with E-state index < -0.39 is 11.7 Å². The smallest absolute Gasteiger partial charge is 0.396 e. The van der Waals surface area contributed by atoms with Crippen LogP contribution in [-0.2, 0) is 6.18 Å². The van der Waals surface area contributed by atoms with Gasteiger partial charge in [-0.25, -0.2) is 0 Å². The molecular weight excluding hydrogens is 323 g/mol. The van der Waals surface area contributed by atoms with Crippen molar-refractivity contribution in [3.63, 3.8) is 0 Å². The normalized spacial score (nSPS) is 11.6. The number of hydrogen-bond donors (Lipinski definition) is 2. The molecule has 0 aliphatic rings. The first kappa shape index (κ1) is 16.3. The van der Waals surface area contributed by atoms with Gasteiger partial charge in [-0.1, -0.05) is 28.8 Å². The van der Waals surface area contributed by atoms with Gasteiger partial charge < -0.3 is 10.4 Å². The Morgan fingerprint density at radius 1 is 1.11 bits per heavy atom. The number of hydrogen-bond acceptors (Lipinski definition) is 2. The summed E-state index contributed by atoms with van der Waals surface area (Å²) in [6.07, 6.45) is -0.811. The Kier molecular flexibility index (Phi) is 6.65. The summed E-state index contributed by atoms with van der Waals surface area (Å²) in [5.41, 5.74) is -0.199. The van der Waals surface area contributed by atoms with Gasteiger partial charge in [-0.3, -0.25) is 0 Å². The van der Waals surface area contributed by atoms with Gasteiger partial charge in [-0.2, -0.15) is 13.2 Å².